The number of ether oxygens (including phenoxy) is 1. The SMILES string of the molecule is CC(C)(C)[Si](C)(C)O[C@H]1CCCN(C(=O)OCc2ccccc2)[C@@H]1CCC(=O)n1cnc2ccccc21. The van der Waals surface area contributed by atoms with E-state index in [9.17, 15) is 9.59 Å². The van der Waals surface area contributed by atoms with Crippen LogP contribution in [0, 0.1) is 0 Å². The number of imidazole rings is 1. The van der Waals surface area contributed by atoms with Crippen molar-refractivity contribution in [1.29, 1.82) is 0 Å². The molecule has 0 unspecified atom stereocenters. The highest BCUT2D eigenvalue weighted by atomic mass is 28.4. The third-order valence-electron chi connectivity index (χ3n) is 7.79. The van der Waals surface area contributed by atoms with E-state index in [0.717, 1.165) is 29.4 Å². The minimum Gasteiger partial charge on any atom is -0.445 e. The standard InChI is InChI=1S/C29H39N3O4Si/c1-29(2,3)37(4,5)36-26-16-11-19-31(28(34)35-20-22-12-7-6-8-13-22)25(26)17-18-27(33)32-21-30-23-14-9-10-15-24(23)32/h6-10,12-15,21,25-26H,11,16-20H2,1-5H3/t25-,26+/m1/s1. The van der Waals surface area contributed by atoms with Crippen molar-refractivity contribution in [2.75, 3.05) is 6.54 Å². The number of nitrogens with zero attached hydrogens (tertiary/aromatic N) is 3. The molecule has 2 aromatic carbocycles. The van der Waals surface area contributed by atoms with Crippen LogP contribution < -0.4 is 0 Å². The smallest absolute Gasteiger partial charge is 0.410 e. The maximum Gasteiger partial charge on any atom is 0.410 e. The van der Waals surface area contributed by atoms with E-state index in [-0.39, 0.29) is 42.2 Å². The Kier molecular flexibility index (Phi) is 8.19. The highest BCUT2D eigenvalue weighted by Gasteiger charge is 2.44. The monoisotopic (exact) mass is 521 g/mol. The molecule has 0 radical (unpaired) electrons. The lowest BCUT2D eigenvalue weighted by Crippen LogP contribution is -2.56. The van der Waals surface area contributed by atoms with Crippen LogP contribution >= 0.6 is 0 Å². The van der Waals surface area contributed by atoms with Gasteiger partial charge in [-0.1, -0.05) is 63.2 Å². The van der Waals surface area contributed by atoms with Crippen LogP contribution in [0.4, 0.5) is 4.79 Å². The predicted octanol–water partition coefficient (Wildman–Crippen LogP) is 6.65. The number of rotatable bonds is 7. The topological polar surface area (TPSA) is 73.7 Å². The zero-order chi connectivity index (χ0) is 26.6. The molecule has 1 aliphatic rings. The van der Waals surface area contributed by atoms with Crippen molar-refractivity contribution in [2.24, 2.45) is 0 Å². The fourth-order valence-corrected chi connectivity index (χ4v) is 6.02. The van der Waals surface area contributed by atoms with E-state index in [1.54, 1.807) is 15.8 Å². The van der Waals surface area contributed by atoms with Crippen molar-refractivity contribution >= 4 is 31.4 Å². The summed E-state index contributed by atoms with van der Waals surface area (Å²) in [7, 11) is -2.09. The quantitative estimate of drug-likeness (QED) is 0.326. The number of likely N-dealkylation sites (tertiary alicyclic amines) is 1. The van der Waals surface area contributed by atoms with Crippen LogP contribution in [0.15, 0.2) is 60.9 Å². The van der Waals surface area contributed by atoms with Crippen LogP contribution in [-0.2, 0) is 15.8 Å². The van der Waals surface area contributed by atoms with Crippen molar-refractivity contribution in [3.63, 3.8) is 0 Å². The molecule has 1 fully saturated rings. The zero-order valence-electron chi connectivity index (χ0n) is 22.6. The summed E-state index contributed by atoms with van der Waals surface area (Å²) in [6.45, 7) is 11.9. The van der Waals surface area contributed by atoms with Gasteiger partial charge in [-0.15, -0.1) is 0 Å². The van der Waals surface area contributed by atoms with Crippen molar-refractivity contribution in [2.45, 2.75) is 83.3 Å². The lowest BCUT2D eigenvalue weighted by Gasteiger charge is -2.46. The molecule has 1 aromatic heterocycles. The Morgan fingerprint density at radius 1 is 1.05 bits per heavy atom. The third-order valence-corrected chi connectivity index (χ3v) is 12.3. The number of hydrogen-bond donors (Lipinski definition) is 0. The summed E-state index contributed by atoms with van der Waals surface area (Å²) in [6.07, 6.45) is 3.60. The van der Waals surface area contributed by atoms with Gasteiger partial charge in [0.25, 0.3) is 0 Å². The maximum absolute atomic E-state index is 13.3. The minimum absolute atomic E-state index is 0.0389. The molecule has 0 spiro atoms. The first kappa shape index (κ1) is 27.1. The summed E-state index contributed by atoms with van der Waals surface area (Å²) in [5, 5.41) is 0.0409. The molecule has 1 amide bonds. The zero-order valence-corrected chi connectivity index (χ0v) is 23.6. The number of carbonyl (C=O) groups excluding carboxylic acids is 2. The van der Waals surface area contributed by atoms with Gasteiger partial charge in [-0.05, 0) is 55.1 Å². The van der Waals surface area contributed by atoms with Crippen LogP contribution in [-0.4, -0.2) is 53.5 Å². The lowest BCUT2D eigenvalue weighted by atomic mass is 9.95. The molecular formula is C29H39N3O4Si. The van der Waals surface area contributed by atoms with E-state index in [2.05, 4.69) is 38.8 Å². The van der Waals surface area contributed by atoms with Gasteiger partial charge in [-0.2, -0.15) is 0 Å². The molecule has 37 heavy (non-hydrogen) atoms. The molecule has 7 nitrogen and oxygen atoms in total. The number of fused-ring (bicyclic) bond motifs is 1. The van der Waals surface area contributed by atoms with Crippen molar-refractivity contribution in [3.8, 4) is 0 Å². The minimum atomic E-state index is -2.09. The molecule has 4 rings (SSSR count). The van der Waals surface area contributed by atoms with Crippen LogP contribution in [0.3, 0.4) is 0 Å². The number of amides is 1. The van der Waals surface area contributed by atoms with Gasteiger partial charge in [0.05, 0.1) is 23.2 Å². The van der Waals surface area contributed by atoms with Crippen LogP contribution in [0.1, 0.15) is 56.8 Å². The third kappa shape index (κ3) is 6.30. The molecular weight excluding hydrogens is 482 g/mol. The van der Waals surface area contributed by atoms with Gasteiger partial charge in [0.2, 0.25) is 5.91 Å². The number of piperidine rings is 1. The van der Waals surface area contributed by atoms with E-state index >= 15 is 0 Å². The lowest BCUT2D eigenvalue weighted by molar-refractivity contribution is 0.00526. The second-order valence-corrected chi connectivity index (χ2v) is 16.2. The Bertz CT molecular complexity index is 1220. The number of hydrogen-bond acceptors (Lipinski definition) is 5. The second kappa shape index (κ2) is 11.2. The molecule has 0 bridgehead atoms. The molecule has 1 aliphatic heterocycles. The Labute approximate surface area is 220 Å². The van der Waals surface area contributed by atoms with E-state index < -0.39 is 8.32 Å². The van der Waals surface area contributed by atoms with Gasteiger partial charge in [-0.25, -0.2) is 9.78 Å². The predicted molar refractivity (Wildman–Crippen MR) is 148 cm³/mol. The van der Waals surface area contributed by atoms with Gasteiger partial charge in [0.1, 0.15) is 12.9 Å². The summed E-state index contributed by atoms with van der Waals surface area (Å²) in [6, 6.07) is 17.1. The summed E-state index contributed by atoms with van der Waals surface area (Å²) in [5.74, 6) is -0.0389. The second-order valence-electron chi connectivity index (χ2n) is 11.4. The number of benzene rings is 2. The molecule has 0 N–H and O–H groups in total. The molecule has 3 aromatic rings. The van der Waals surface area contributed by atoms with E-state index in [0.29, 0.717) is 13.0 Å². The average Bonchev–Trinajstić information content (AvgIpc) is 3.30. The highest BCUT2D eigenvalue weighted by Crippen LogP contribution is 2.39. The molecule has 0 saturated carbocycles. The Hall–Kier alpha value is -2.97. The van der Waals surface area contributed by atoms with Gasteiger partial charge in [-0.3, -0.25) is 9.36 Å². The first-order valence-electron chi connectivity index (χ1n) is 13.2. The van der Waals surface area contributed by atoms with Crippen molar-refractivity contribution < 1.29 is 18.8 Å². The van der Waals surface area contributed by atoms with Gasteiger partial charge < -0.3 is 14.1 Å². The first-order chi connectivity index (χ1) is 17.6. The van der Waals surface area contributed by atoms with Crippen LogP contribution in [0.25, 0.3) is 11.0 Å². The Balaban J connectivity index is 1.52. The fraction of sp³-hybridized carbons (Fsp3) is 0.483. The Morgan fingerprint density at radius 3 is 2.49 bits per heavy atom. The summed E-state index contributed by atoms with van der Waals surface area (Å²) in [4.78, 5) is 32.7. The first-order valence-corrected chi connectivity index (χ1v) is 16.1. The van der Waals surface area contributed by atoms with Gasteiger partial charge in [0.15, 0.2) is 8.32 Å². The summed E-state index contributed by atoms with van der Waals surface area (Å²) >= 11 is 0. The summed E-state index contributed by atoms with van der Waals surface area (Å²) in [5.41, 5.74) is 2.53. The van der Waals surface area contributed by atoms with E-state index in [1.807, 2.05) is 54.6 Å². The van der Waals surface area contributed by atoms with Crippen LogP contribution in [0.2, 0.25) is 18.1 Å². The number of para-hydroxylation sites is 2. The van der Waals surface area contributed by atoms with E-state index in [4.69, 9.17) is 9.16 Å². The molecule has 2 atom stereocenters. The number of aromatic nitrogens is 2. The molecule has 8 heteroatoms. The molecule has 2 heterocycles. The Morgan fingerprint density at radius 2 is 1.76 bits per heavy atom. The largest absolute Gasteiger partial charge is 0.445 e. The molecule has 1 saturated heterocycles. The highest BCUT2D eigenvalue weighted by molar-refractivity contribution is 6.74. The van der Waals surface area contributed by atoms with Crippen LogP contribution in [0.5, 0.6) is 0 Å². The molecule has 0 aliphatic carbocycles. The average molecular weight is 522 g/mol. The normalized spacial score (nSPS) is 18.7. The van der Waals surface area contributed by atoms with Crippen molar-refractivity contribution in [1.82, 2.24) is 14.5 Å². The number of carbonyl (C=O) groups is 2. The maximum atomic E-state index is 13.3. The van der Waals surface area contributed by atoms with Gasteiger partial charge in [0, 0.05) is 13.0 Å². The fourth-order valence-electron chi connectivity index (χ4n) is 4.63. The molecule has 198 valence electrons. The van der Waals surface area contributed by atoms with Crippen molar-refractivity contribution in [3.05, 3.63) is 66.5 Å². The van der Waals surface area contributed by atoms with Gasteiger partial charge >= 0.3 is 6.09 Å². The summed E-state index contributed by atoms with van der Waals surface area (Å²) < 4.78 is 14.2. The van der Waals surface area contributed by atoms with E-state index in [1.165, 1.54) is 0 Å².